The summed E-state index contributed by atoms with van der Waals surface area (Å²) in [6.07, 6.45) is 7.75. The lowest BCUT2D eigenvalue weighted by Crippen LogP contribution is -2.48. The molecule has 2 aromatic heterocycles. The first-order valence-corrected chi connectivity index (χ1v) is 13.2. The summed E-state index contributed by atoms with van der Waals surface area (Å²) in [6.45, 7) is 3.01. The number of aliphatic carboxylic acids is 1. The van der Waals surface area contributed by atoms with Crippen molar-refractivity contribution in [3.8, 4) is 0 Å². The number of carboxylic acids is 1. The van der Waals surface area contributed by atoms with E-state index in [9.17, 15) is 23.1 Å². The Bertz CT molecular complexity index is 1100. The Balaban J connectivity index is 1.50. The number of carbonyl (C=O) groups is 2. The highest BCUT2D eigenvalue weighted by atomic mass is 32.2. The lowest BCUT2D eigenvalue weighted by Gasteiger charge is -2.17. The van der Waals surface area contributed by atoms with Crippen LogP contribution in [0.3, 0.4) is 0 Å². The first kappa shape index (κ1) is 25.6. The van der Waals surface area contributed by atoms with Crippen molar-refractivity contribution in [2.24, 2.45) is 0 Å². The molecule has 1 aliphatic rings. The molecule has 34 heavy (non-hydrogen) atoms. The van der Waals surface area contributed by atoms with Gasteiger partial charge in [-0.05, 0) is 30.9 Å². The highest BCUT2D eigenvalue weighted by molar-refractivity contribution is 7.89. The highest BCUT2D eigenvalue weighted by Gasteiger charge is 2.24. The molecule has 0 aliphatic carbocycles. The number of carboxylic acid groups (broad SMARTS) is 1. The van der Waals surface area contributed by atoms with Crippen LogP contribution in [0.5, 0.6) is 0 Å². The molecule has 0 spiro atoms. The molecule has 0 saturated heterocycles. The summed E-state index contributed by atoms with van der Waals surface area (Å²) < 4.78 is 28.0. The Labute approximate surface area is 199 Å². The predicted molar refractivity (Wildman–Crippen MR) is 127 cm³/mol. The number of sulfonamides is 1. The summed E-state index contributed by atoms with van der Waals surface area (Å²) in [5.41, 5.74) is 2.40. The minimum absolute atomic E-state index is 0.152. The molecule has 1 amide bonds. The van der Waals surface area contributed by atoms with Gasteiger partial charge in [-0.1, -0.05) is 25.8 Å². The number of nitrogens with zero attached hydrogens (tertiary/aromatic N) is 3. The smallest absolute Gasteiger partial charge is 0.323 e. The molecule has 1 atom stereocenters. The van der Waals surface area contributed by atoms with Gasteiger partial charge in [0.25, 0.3) is 5.91 Å². The second-order valence-electron chi connectivity index (χ2n) is 8.33. The van der Waals surface area contributed by atoms with E-state index < -0.39 is 27.9 Å². The molecule has 3 heterocycles. The quantitative estimate of drug-likeness (QED) is 0.304. The molecule has 0 radical (unpaired) electrons. The summed E-state index contributed by atoms with van der Waals surface area (Å²) in [7, 11) is -3.76. The molecule has 12 heteroatoms. The number of nitrogens with one attached hydrogen (secondary N) is 3. The minimum Gasteiger partial charge on any atom is -0.480 e. The molecule has 0 bridgehead atoms. The fraction of sp³-hybridized carbons (Fsp3) is 0.545. The van der Waals surface area contributed by atoms with Crippen molar-refractivity contribution < 1.29 is 23.1 Å². The van der Waals surface area contributed by atoms with Gasteiger partial charge in [0.15, 0.2) is 0 Å². The van der Waals surface area contributed by atoms with Crippen molar-refractivity contribution in [2.75, 3.05) is 24.2 Å². The monoisotopic (exact) mass is 492 g/mol. The largest absolute Gasteiger partial charge is 0.480 e. The number of amides is 1. The van der Waals surface area contributed by atoms with E-state index >= 15 is 0 Å². The van der Waals surface area contributed by atoms with Crippen LogP contribution >= 0.6 is 0 Å². The Morgan fingerprint density at radius 2 is 2.12 bits per heavy atom. The number of unbranched alkanes of at least 4 members (excludes halogenated alkanes) is 2. The van der Waals surface area contributed by atoms with Gasteiger partial charge < -0.3 is 15.7 Å². The van der Waals surface area contributed by atoms with Crippen LogP contribution < -0.4 is 15.4 Å². The molecule has 0 fully saturated rings. The molecule has 4 N–H and O–H groups in total. The van der Waals surface area contributed by atoms with Crippen molar-refractivity contribution in [1.82, 2.24) is 24.8 Å². The van der Waals surface area contributed by atoms with Gasteiger partial charge in [-0.3, -0.25) is 14.3 Å². The standard InChI is InChI=1S/C22H32N6O5S/c1-2-3-4-12-34(32,33)27-19(22(30)31)14-24-21(29)17-13-25-28(15-17)11-9-18-8-7-16-6-5-10-23-20(16)26-18/h7-8,13,15,19,27H,2-6,9-12,14H2,1H3,(H,23,26)(H,24,29)(H,30,31). The van der Waals surface area contributed by atoms with Crippen LogP contribution in [0, 0.1) is 0 Å². The van der Waals surface area contributed by atoms with Gasteiger partial charge in [-0.15, -0.1) is 0 Å². The third-order valence-electron chi connectivity index (χ3n) is 5.55. The maximum absolute atomic E-state index is 12.4. The van der Waals surface area contributed by atoms with Crippen LogP contribution in [-0.4, -0.2) is 65.0 Å². The van der Waals surface area contributed by atoms with E-state index in [1.807, 2.05) is 13.0 Å². The fourth-order valence-corrected chi connectivity index (χ4v) is 4.95. The Kier molecular flexibility index (Phi) is 8.99. The number of hydrogen-bond acceptors (Lipinski definition) is 7. The van der Waals surface area contributed by atoms with E-state index in [0.29, 0.717) is 19.4 Å². The molecule has 1 unspecified atom stereocenters. The number of hydrogen-bond donors (Lipinski definition) is 4. The van der Waals surface area contributed by atoms with Gasteiger partial charge in [-0.25, -0.2) is 13.4 Å². The third kappa shape index (κ3) is 7.52. The number of fused-ring (bicyclic) bond motifs is 1. The van der Waals surface area contributed by atoms with Crippen LogP contribution in [0.2, 0.25) is 0 Å². The number of anilines is 1. The Morgan fingerprint density at radius 1 is 1.29 bits per heavy atom. The topological polar surface area (TPSA) is 155 Å². The summed E-state index contributed by atoms with van der Waals surface area (Å²) in [5.74, 6) is -1.11. The molecular formula is C22H32N6O5S. The van der Waals surface area contributed by atoms with Gasteiger partial charge in [0.1, 0.15) is 11.9 Å². The number of carbonyl (C=O) groups excluding carboxylic acids is 1. The number of aryl methyl sites for hydroxylation is 3. The molecule has 3 rings (SSSR count). The van der Waals surface area contributed by atoms with E-state index in [0.717, 1.165) is 43.7 Å². The molecule has 2 aromatic rings. The van der Waals surface area contributed by atoms with Crippen LogP contribution in [0.4, 0.5) is 5.82 Å². The van der Waals surface area contributed by atoms with E-state index in [1.165, 1.54) is 11.8 Å². The summed E-state index contributed by atoms with van der Waals surface area (Å²) in [6, 6.07) is 2.63. The lowest BCUT2D eigenvalue weighted by atomic mass is 10.1. The molecule has 0 aromatic carbocycles. The second kappa shape index (κ2) is 11.9. The molecule has 1 aliphatic heterocycles. The molecule has 186 valence electrons. The predicted octanol–water partition coefficient (Wildman–Crippen LogP) is 1.17. The molecule has 11 nitrogen and oxygen atoms in total. The second-order valence-corrected chi connectivity index (χ2v) is 10.2. The zero-order valence-electron chi connectivity index (χ0n) is 19.3. The van der Waals surface area contributed by atoms with Crippen LogP contribution in [0.15, 0.2) is 24.5 Å². The minimum atomic E-state index is -3.76. The number of aromatic nitrogens is 3. The maximum Gasteiger partial charge on any atom is 0.323 e. The third-order valence-corrected chi connectivity index (χ3v) is 7.02. The average molecular weight is 493 g/mol. The van der Waals surface area contributed by atoms with Crippen molar-refractivity contribution in [3.63, 3.8) is 0 Å². The first-order chi connectivity index (χ1) is 16.3. The van der Waals surface area contributed by atoms with Crippen LogP contribution in [-0.2, 0) is 34.2 Å². The van der Waals surface area contributed by atoms with Gasteiger partial charge in [0.05, 0.1) is 17.5 Å². The molecular weight excluding hydrogens is 460 g/mol. The lowest BCUT2D eigenvalue weighted by molar-refractivity contribution is -0.138. The fourth-order valence-electron chi connectivity index (χ4n) is 3.63. The maximum atomic E-state index is 12.4. The number of rotatable bonds is 13. The van der Waals surface area contributed by atoms with E-state index in [1.54, 1.807) is 10.9 Å². The molecule has 0 saturated carbocycles. The van der Waals surface area contributed by atoms with Crippen molar-refractivity contribution >= 4 is 27.7 Å². The highest BCUT2D eigenvalue weighted by Crippen LogP contribution is 2.19. The number of pyridine rings is 1. The Hall–Kier alpha value is -2.99. The van der Waals surface area contributed by atoms with Crippen LogP contribution in [0.1, 0.15) is 54.2 Å². The summed E-state index contributed by atoms with van der Waals surface area (Å²) in [4.78, 5) is 28.6. The normalized spacial score (nSPS) is 14.1. The zero-order chi connectivity index (χ0) is 24.6. The Morgan fingerprint density at radius 3 is 2.88 bits per heavy atom. The van der Waals surface area contributed by atoms with Gasteiger partial charge in [0.2, 0.25) is 10.0 Å². The zero-order valence-corrected chi connectivity index (χ0v) is 20.1. The van der Waals surface area contributed by atoms with Crippen molar-refractivity contribution in [2.45, 2.75) is 58.0 Å². The summed E-state index contributed by atoms with van der Waals surface area (Å²) in [5, 5.41) is 19.3. The van der Waals surface area contributed by atoms with E-state index in [2.05, 4.69) is 31.5 Å². The van der Waals surface area contributed by atoms with Crippen molar-refractivity contribution in [3.05, 3.63) is 41.3 Å². The van der Waals surface area contributed by atoms with E-state index in [-0.39, 0.29) is 17.9 Å². The van der Waals surface area contributed by atoms with Gasteiger partial charge in [0, 0.05) is 37.9 Å². The average Bonchev–Trinajstić information content (AvgIpc) is 3.29. The van der Waals surface area contributed by atoms with Gasteiger partial charge >= 0.3 is 5.97 Å². The first-order valence-electron chi connectivity index (χ1n) is 11.5. The SMILES string of the molecule is CCCCCS(=O)(=O)NC(CNC(=O)c1cnn(CCc2ccc3c(n2)NCCC3)c1)C(=O)O. The van der Waals surface area contributed by atoms with Gasteiger partial charge in [-0.2, -0.15) is 9.82 Å². The van der Waals surface area contributed by atoms with E-state index in [4.69, 9.17) is 0 Å². The summed E-state index contributed by atoms with van der Waals surface area (Å²) >= 11 is 0. The van der Waals surface area contributed by atoms with Crippen LogP contribution in [0.25, 0.3) is 0 Å². The van der Waals surface area contributed by atoms with Crippen molar-refractivity contribution in [1.29, 1.82) is 0 Å².